The van der Waals surface area contributed by atoms with Crippen LogP contribution in [0, 0.1) is 6.92 Å². The van der Waals surface area contributed by atoms with Gasteiger partial charge in [0.1, 0.15) is 12.6 Å². The predicted molar refractivity (Wildman–Crippen MR) is 152 cm³/mol. The van der Waals surface area contributed by atoms with Crippen molar-refractivity contribution in [3.05, 3.63) is 95.0 Å². The summed E-state index contributed by atoms with van der Waals surface area (Å²) in [5.41, 5.74) is 1.97. The maximum absolute atomic E-state index is 13.9. The van der Waals surface area contributed by atoms with Gasteiger partial charge in [-0.15, -0.1) is 0 Å². The molecule has 0 radical (unpaired) electrons. The summed E-state index contributed by atoms with van der Waals surface area (Å²) >= 11 is 6.25. The zero-order valence-corrected chi connectivity index (χ0v) is 23.5. The van der Waals surface area contributed by atoms with Crippen LogP contribution >= 0.6 is 11.6 Å². The van der Waals surface area contributed by atoms with Crippen LogP contribution in [0.15, 0.2) is 83.8 Å². The van der Waals surface area contributed by atoms with Crippen molar-refractivity contribution in [2.45, 2.75) is 44.6 Å². The van der Waals surface area contributed by atoms with Gasteiger partial charge in [0.2, 0.25) is 11.8 Å². The molecule has 0 unspecified atom stereocenters. The molecule has 0 aliphatic rings. The van der Waals surface area contributed by atoms with Gasteiger partial charge in [-0.25, -0.2) is 8.42 Å². The van der Waals surface area contributed by atoms with E-state index in [9.17, 15) is 18.0 Å². The Labute approximate surface area is 230 Å². The number of sulfonamides is 1. The molecule has 2 amide bonds. The van der Waals surface area contributed by atoms with E-state index in [2.05, 4.69) is 5.32 Å². The van der Waals surface area contributed by atoms with Gasteiger partial charge < -0.3 is 10.2 Å². The number of nitrogens with zero attached hydrogens (tertiary/aromatic N) is 2. The van der Waals surface area contributed by atoms with Crippen LogP contribution in [0.3, 0.4) is 0 Å². The van der Waals surface area contributed by atoms with Crippen LogP contribution in [0.2, 0.25) is 5.02 Å². The zero-order chi connectivity index (χ0) is 27.7. The minimum absolute atomic E-state index is 0.0544. The molecule has 3 aromatic rings. The average Bonchev–Trinajstić information content (AvgIpc) is 2.92. The van der Waals surface area contributed by atoms with E-state index >= 15 is 0 Å². The highest BCUT2D eigenvalue weighted by Crippen LogP contribution is 2.30. The molecule has 3 rings (SSSR count). The van der Waals surface area contributed by atoms with E-state index in [1.165, 1.54) is 17.0 Å². The summed E-state index contributed by atoms with van der Waals surface area (Å²) in [6.07, 6.45) is 0.901. The summed E-state index contributed by atoms with van der Waals surface area (Å²) in [4.78, 5) is 28.4. The Morgan fingerprint density at radius 1 is 0.947 bits per heavy atom. The summed E-state index contributed by atoms with van der Waals surface area (Å²) in [7, 11) is -4.13. The standard InChI is InChI=1S/C29H34ClN3O4S/c1-4-26(29(35)31-5-2)32(19-18-23-12-8-6-9-13-23)28(34)21-33(27-20-24(30)17-16-22(27)3)38(36,37)25-14-10-7-11-15-25/h6-17,20,26H,4-5,18-19,21H2,1-3H3,(H,31,35)/t26-/m1/s1. The highest BCUT2D eigenvalue weighted by atomic mass is 35.5. The van der Waals surface area contributed by atoms with Gasteiger partial charge in [-0.3, -0.25) is 13.9 Å². The van der Waals surface area contributed by atoms with Gasteiger partial charge in [0, 0.05) is 18.1 Å². The number of carbonyl (C=O) groups is 2. The molecule has 0 saturated carbocycles. The van der Waals surface area contributed by atoms with Crippen LogP contribution in [0.5, 0.6) is 0 Å². The van der Waals surface area contributed by atoms with Crippen LogP contribution in [0.1, 0.15) is 31.4 Å². The smallest absolute Gasteiger partial charge is 0.264 e. The van der Waals surface area contributed by atoms with Crippen molar-refractivity contribution in [1.82, 2.24) is 10.2 Å². The molecule has 0 spiro atoms. The highest BCUT2D eigenvalue weighted by molar-refractivity contribution is 7.92. The van der Waals surface area contributed by atoms with Crippen LogP contribution < -0.4 is 9.62 Å². The van der Waals surface area contributed by atoms with E-state index in [1.807, 2.05) is 44.2 Å². The quantitative estimate of drug-likeness (QED) is 0.347. The molecule has 1 atom stereocenters. The summed E-state index contributed by atoms with van der Waals surface area (Å²) < 4.78 is 28.8. The minimum atomic E-state index is -4.13. The summed E-state index contributed by atoms with van der Waals surface area (Å²) in [5, 5.41) is 3.15. The van der Waals surface area contributed by atoms with Gasteiger partial charge in [-0.2, -0.15) is 0 Å². The molecule has 0 aromatic heterocycles. The van der Waals surface area contributed by atoms with Crippen molar-refractivity contribution in [2.24, 2.45) is 0 Å². The molecule has 0 bridgehead atoms. The van der Waals surface area contributed by atoms with Crippen molar-refractivity contribution in [3.63, 3.8) is 0 Å². The van der Waals surface area contributed by atoms with Gasteiger partial charge in [-0.05, 0) is 62.1 Å². The van der Waals surface area contributed by atoms with E-state index in [-0.39, 0.29) is 17.3 Å². The lowest BCUT2D eigenvalue weighted by molar-refractivity contribution is -0.139. The fourth-order valence-corrected chi connectivity index (χ4v) is 5.93. The summed E-state index contributed by atoms with van der Waals surface area (Å²) in [5.74, 6) is -0.745. The number of nitrogens with one attached hydrogen (secondary N) is 1. The second-order valence-corrected chi connectivity index (χ2v) is 11.2. The third-order valence-electron chi connectivity index (χ3n) is 6.27. The van der Waals surface area contributed by atoms with E-state index in [1.54, 1.807) is 43.3 Å². The largest absolute Gasteiger partial charge is 0.355 e. The number of hydrogen-bond donors (Lipinski definition) is 1. The molecule has 0 fully saturated rings. The Morgan fingerprint density at radius 3 is 2.18 bits per heavy atom. The number of benzene rings is 3. The molecular weight excluding hydrogens is 522 g/mol. The summed E-state index contributed by atoms with van der Waals surface area (Å²) in [6, 6.07) is 21.8. The van der Waals surface area contributed by atoms with Crippen molar-refractivity contribution < 1.29 is 18.0 Å². The van der Waals surface area contributed by atoms with Crippen molar-refractivity contribution >= 4 is 39.1 Å². The molecule has 7 nitrogen and oxygen atoms in total. The second-order valence-electron chi connectivity index (χ2n) is 8.90. The molecule has 0 saturated heterocycles. The molecular formula is C29H34ClN3O4S. The lowest BCUT2D eigenvalue weighted by Crippen LogP contribution is -2.53. The van der Waals surface area contributed by atoms with Gasteiger partial charge in [0.25, 0.3) is 10.0 Å². The van der Waals surface area contributed by atoms with Crippen LogP contribution in [-0.2, 0) is 26.0 Å². The van der Waals surface area contributed by atoms with Gasteiger partial charge in [0.05, 0.1) is 10.6 Å². The van der Waals surface area contributed by atoms with Crippen molar-refractivity contribution in [1.29, 1.82) is 0 Å². The number of anilines is 1. The third kappa shape index (κ3) is 7.14. The third-order valence-corrected chi connectivity index (χ3v) is 8.28. The molecule has 3 aromatic carbocycles. The lowest BCUT2D eigenvalue weighted by atomic mass is 10.1. The zero-order valence-electron chi connectivity index (χ0n) is 21.9. The number of carbonyl (C=O) groups excluding carboxylic acids is 2. The number of likely N-dealkylation sites (N-methyl/N-ethyl adjacent to an activating group) is 1. The van der Waals surface area contributed by atoms with Gasteiger partial charge in [0.15, 0.2) is 0 Å². The second kappa shape index (κ2) is 13.4. The number of aryl methyl sites for hydroxylation is 1. The maximum Gasteiger partial charge on any atom is 0.264 e. The molecule has 0 aliphatic heterocycles. The topological polar surface area (TPSA) is 86.8 Å². The first kappa shape index (κ1) is 29.2. The number of amides is 2. The van der Waals surface area contributed by atoms with Crippen molar-refractivity contribution in [2.75, 3.05) is 23.9 Å². The van der Waals surface area contributed by atoms with Crippen LogP contribution in [0.4, 0.5) is 5.69 Å². The monoisotopic (exact) mass is 555 g/mol. The number of rotatable bonds is 12. The summed E-state index contributed by atoms with van der Waals surface area (Å²) in [6.45, 7) is 5.61. The minimum Gasteiger partial charge on any atom is -0.355 e. The van der Waals surface area contributed by atoms with E-state index in [0.717, 1.165) is 9.87 Å². The van der Waals surface area contributed by atoms with Gasteiger partial charge in [-0.1, -0.05) is 73.1 Å². The Hall–Kier alpha value is -3.36. The first-order chi connectivity index (χ1) is 18.2. The number of halogens is 1. The average molecular weight is 556 g/mol. The first-order valence-corrected chi connectivity index (χ1v) is 14.5. The molecule has 1 N–H and O–H groups in total. The lowest BCUT2D eigenvalue weighted by Gasteiger charge is -2.33. The molecule has 0 heterocycles. The molecule has 38 heavy (non-hydrogen) atoms. The van der Waals surface area contributed by atoms with Crippen molar-refractivity contribution in [3.8, 4) is 0 Å². The predicted octanol–water partition coefficient (Wildman–Crippen LogP) is 4.83. The molecule has 9 heteroatoms. The van der Waals surface area contributed by atoms with Gasteiger partial charge >= 0.3 is 0 Å². The molecule has 0 aliphatic carbocycles. The fraction of sp³-hybridized carbons (Fsp3) is 0.310. The first-order valence-electron chi connectivity index (χ1n) is 12.6. The normalized spacial score (nSPS) is 12.0. The van der Waals surface area contributed by atoms with Crippen LogP contribution in [0.25, 0.3) is 0 Å². The SMILES string of the molecule is CCNC(=O)[C@@H](CC)N(CCc1ccccc1)C(=O)CN(c1cc(Cl)ccc1C)S(=O)(=O)c1ccccc1. The molecule has 202 valence electrons. The Bertz CT molecular complexity index is 1330. The highest BCUT2D eigenvalue weighted by Gasteiger charge is 2.33. The van der Waals surface area contributed by atoms with E-state index in [4.69, 9.17) is 11.6 Å². The fourth-order valence-electron chi connectivity index (χ4n) is 4.27. The van der Waals surface area contributed by atoms with Crippen LogP contribution in [-0.4, -0.2) is 50.8 Å². The Morgan fingerprint density at radius 2 is 1.58 bits per heavy atom. The Kier molecular flexibility index (Phi) is 10.3. The maximum atomic E-state index is 13.9. The Balaban J connectivity index is 2.03. The van der Waals surface area contributed by atoms with E-state index < -0.39 is 28.5 Å². The number of hydrogen-bond acceptors (Lipinski definition) is 4. The van der Waals surface area contributed by atoms with E-state index in [0.29, 0.717) is 35.7 Å².